The van der Waals surface area contributed by atoms with Crippen LogP contribution >= 0.6 is 11.9 Å². The SMILES string of the molecule is COc1ccc(N(C)C(=O)[C@@]2(NC(=O)NS(=O)(=O)Nc3ccc(SN4CCOCC4)cc3)CC2c2ccccc2)cc1. The van der Waals surface area contributed by atoms with Crippen molar-refractivity contribution in [2.24, 2.45) is 0 Å². The molecule has 1 saturated carbocycles. The third-order valence-electron chi connectivity index (χ3n) is 7.18. The van der Waals surface area contributed by atoms with Crippen molar-refractivity contribution in [2.45, 2.75) is 22.8 Å². The summed E-state index contributed by atoms with van der Waals surface area (Å²) in [6, 6.07) is 22.1. The highest BCUT2D eigenvalue weighted by Gasteiger charge is 2.63. The zero-order valence-electron chi connectivity index (χ0n) is 23.3. The molecule has 1 heterocycles. The summed E-state index contributed by atoms with van der Waals surface area (Å²) < 4.78 is 42.8. The maximum absolute atomic E-state index is 13.8. The highest BCUT2D eigenvalue weighted by molar-refractivity contribution is 7.97. The van der Waals surface area contributed by atoms with Gasteiger partial charge < -0.3 is 19.7 Å². The van der Waals surface area contributed by atoms with Crippen molar-refractivity contribution in [3.05, 3.63) is 84.4 Å². The molecule has 5 rings (SSSR count). The van der Waals surface area contributed by atoms with E-state index in [0.29, 0.717) is 36.8 Å². The van der Waals surface area contributed by atoms with E-state index in [0.717, 1.165) is 23.5 Å². The van der Waals surface area contributed by atoms with Gasteiger partial charge in [0, 0.05) is 36.6 Å². The second-order valence-electron chi connectivity index (χ2n) is 10.0. The molecule has 1 aliphatic heterocycles. The molecule has 0 aromatic heterocycles. The summed E-state index contributed by atoms with van der Waals surface area (Å²) in [5.41, 5.74) is 0.435. The van der Waals surface area contributed by atoms with E-state index in [2.05, 4.69) is 14.3 Å². The topological polar surface area (TPSA) is 129 Å². The van der Waals surface area contributed by atoms with E-state index in [1.54, 1.807) is 74.6 Å². The van der Waals surface area contributed by atoms with Gasteiger partial charge >= 0.3 is 16.2 Å². The van der Waals surface area contributed by atoms with Crippen molar-refractivity contribution in [1.29, 1.82) is 0 Å². The highest BCUT2D eigenvalue weighted by atomic mass is 32.2. The smallest absolute Gasteiger partial charge is 0.330 e. The fourth-order valence-electron chi connectivity index (χ4n) is 4.90. The van der Waals surface area contributed by atoms with Gasteiger partial charge in [0.15, 0.2) is 0 Å². The van der Waals surface area contributed by atoms with Crippen LogP contribution in [-0.4, -0.2) is 70.7 Å². The zero-order valence-corrected chi connectivity index (χ0v) is 24.9. The molecule has 3 aromatic carbocycles. The van der Waals surface area contributed by atoms with Crippen molar-refractivity contribution in [1.82, 2.24) is 14.3 Å². The van der Waals surface area contributed by atoms with E-state index in [-0.39, 0.29) is 11.8 Å². The number of ether oxygens (including phenoxy) is 2. The number of urea groups is 1. The molecule has 1 aliphatic carbocycles. The van der Waals surface area contributed by atoms with Gasteiger partial charge in [-0.05, 0) is 72.5 Å². The van der Waals surface area contributed by atoms with Gasteiger partial charge in [-0.2, -0.15) is 8.42 Å². The molecular formula is C29H33N5O6S2. The fourth-order valence-corrected chi connectivity index (χ4v) is 6.58. The number of nitrogens with one attached hydrogen (secondary N) is 3. The van der Waals surface area contributed by atoms with E-state index in [1.807, 2.05) is 35.1 Å². The molecule has 3 N–H and O–H groups in total. The molecule has 13 heteroatoms. The van der Waals surface area contributed by atoms with Crippen molar-refractivity contribution in [2.75, 3.05) is 50.1 Å². The maximum Gasteiger partial charge on any atom is 0.330 e. The summed E-state index contributed by atoms with van der Waals surface area (Å²) in [7, 11) is -1.12. The van der Waals surface area contributed by atoms with Crippen LogP contribution in [0.2, 0.25) is 0 Å². The number of rotatable bonds is 10. The average Bonchev–Trinajstić information content (AvgIpc) is 3.72. The van der Waals surface area contributed by atoms with Crippen LogP contribution in [0.15, 0.2) is 83.8 Å². The Morgan fingerprint density at radius 3 is 2.31 bits per heavy atom. The van der Waals surface area contributed by atoms with Crippen LogP contribution < -0.4 is 24.4 Å². The lowest BCUT2D eigenvalue weighted by atomic mass is 10.0. The molecule has 42 heavy (non-hydrogen) atoms. The third-order valence-corrected chi connectivity index (χ3v) is 9.25. The molecule has 0 spiro atoms. The Balaban J connectivity index is 1.26. The molecule has 222 valence electrons. The van der Waals surface area contributed by atoms with E-state index in [9.17, 15) is 18.0 Å². The minimum atomic E-state index is -4.29. The number of benzene rings is 3. The predicted octanol–water partition coefficient (Wildman–Crippen LogP) is 3.58. The van der Waals surface area contributed by atoms with Gasteiger partial charge in [0.1, 0.15) is 11.3 Å². The minimum absolute atomic E-state index is 0.292. The largest absolute Gasteiger partial charge is 0.497 e. The van der Waals surface area contributed by atoms with Crippen molar-refractivity contribution < 1.29 is 27.5 Å². The Morgan fingerprint density at radius 2 is 1.67 bits per heavy atom. The lowest BCUT2D eigenvalue weighted by molar-refractivity contribution is -0.121. The molecule has 1 saturated heterocycles. The Bertz CT molecular complexity index is 1500. The maximum atomic E-state index is 13.8. The number of carbonyl (C=O) groups is 2. The molecule has 2 atom stereocenters. The first-order valence-electron chi connectivity index (χ1n) is 13.4. The average molecular weight is 612 g/mol. The minimum Gasteiger partial charge on any atom is -0.497 e. The van der Waals surface area contributed by atoms with Gasteiger partial charge in [0.05, 0.1) is 26.0 Å². The Labute approximate surface area is 249 Å². The first-order valence-corrected chi connectivity index (χ1v) is 15.7. The molecule has 0 bridgehead atoms. The number of morpholine rings is 1. The van der Waals surface area contributed by atoms with E-state index < -0.39 is 21.8 Å². The Kier molecular flexibility index (Phi) is 8.92. The molecule has 3 aromatic rings. The molecule has 0 radical (unpaired) electrons. The van der Waals surface area contributed by atoms with Gasteiger partial charge in [0.2, 0.25) is 0 Å². The number of carbonyl (C=O) groups excluding carboxylic acids is 2. The number of nitrogens with zero attached hydrogens (tertiary/aromatic N) is 2. The van der Waals surface area contributed by atoms with E-state index in [1.165, 1.54) is 4.90 Å². The van der Waals surface area contributed by atoms with Gasteiger partial charge in [-0.3, -0.25) is 9.52 Å². The summed E-state index contributed by atoms with van der Waals surface area (Å²) in [4.78, 5) is 29.3. The van der Waals surface area contributed by atoms with E-state index >= 15 is 0 Å². The molecule has 2 aliphatic rings. The number of hydrogen-bond donors (Lipinski definition) is 3. The summed E-state index contributed by atoms with van der Waals surface area (Å²) in [5.74, 6) is -0.0520. The molecule has 11 nitrogen and oxygen atoms in total. The van der Waals surface area contributed by atoms with Crippen LogP contribution in [0.1, 0.15) is 17.9 Å². The summed E-state index contributed by atoms with van der Waals surface area (Å²) in [6.07, 6.45) is 0.319. The summed E-state index contributed by atoms with van der Waals surface area (Å²) >= 11 is 1.57. The summed E-state index contributed by atoms with van der Waals surface area (Å²) in [6.45, 7) is 2.97. The number of amides is 3. The Hall–Kier alpha value is -3.78. The van der Waals surface area contributed by atoms with Gasteiger partial charge in [-0.25, -0.2) is 13.8 Å². The van der Waals surface area contributed by atoms with Crippen LogP contribution in [0, 0.1) is 0 Å². The van der Waals surface area contributed by atoms with Crippen LogP contribution in [-0.2, 0) is 19.7 Å². The molecule has 1 unspecified atom stereocenters. The number of likely N-dealkylation sites (N-methyl/N-ethyl adjacent to an activating group) is 1. The number of anilines is 2. The standard InChI is InChI=1S/C29H33N5O6S2/c1-33(23-10-12-24(39-2)13-11-23)27(35)29(20-26(29)21-6-4-3-5-7-21)30-28(36)32-42(37,38)31-22-8-14-25(15-9-22)41-34-16-18-40-19-17-34/h3-15,26,31H,16-20H2,1-2H3,(H2,30,32,36)/t26?,29-/m1/s1. The molecule has 2 fully saturated rings. The molecular weight excluding hydrogens is 578 g/mol. The lowest BCUT2D eigenvalue weighted by Crippen LogP contribution is -2.55. The number of hydrogen-bond acceptors (Lipinski definition) is 8. The quantitative estimate of drug-likeness (QED) is 0.297. The second-order valence-corrected chi connectivity index (χ2v) is 12.6. The first kappa shape index (κ1) is 29.7. The fraction of sp³-hybridized carbons (Fsp3) is 0.310. The lowest BCUT2D eigenvalue weighted by Gasteiger charge is -2.26. The van der Waals surface area contributed by atoms with Crippen molar-refractivity contribution >= 4 is 45.5 Å². The van der Waals surface area contributed by atoms with Crippen LogP contribution in [0.25, 0.3) is 0 Å². The predicted molar refractivity (Wildman–Crippen MR) is 162 cm³/mol. The normalized spacial score (nSPS) is 20.3. The van der Waals surface area contributed by atoms with E-state index in [4.69, 9.17) is 9.47 Å². The zero-order chi connectivity index (χ0) is 29.7. The van der Waals surface area contributed by atoms with Crippen LogP contribution in [0.3, 0.4) is 0 Å². The third kappa shape index (κ3) is 6.98. The first-order chi connectivity index (χ1) is 20.2. The van der Waals surface area contributed by atoms with Crippen molar-refractivity contribution in [3.8, 4) is 5.75 Å². The van der Waals surface area contributed by atoms with Gasteiger partial charge in [-0.15, -0.1) is 0 Å². The second kappa shape index (κ2) is 12.6. The monoisotopic (exact) mass is 611 g/mol. The highest BCUT2D eigenvalue weighted by Crippen LogP contribution is 2.52. The van der Waals surface area contributed by atoms with Gasteiger partial charge in [-0.1, -0.05) is 30.3 Å². The summed E-state index contributed by atoms with van der Waals surface area (Å²) in [5, 5.41) is 2.68. The van der Waals surface area contributed by atoms with Crippen LogP contribution in [0.4, 0.5) is 16.2 Å². The molecule has 3 amide bonds. The van der Waals surface area contributed by atoms with Gasteiger partial charge in [0.25, 0.3) is 5.91 Å². The Morgan fingerprint density at radius 1 is 1.00 bits per heavy atom. The van der Waals surface area contributed by atoms with Crippen molar-refractivity contribution in [3.63, 3.8) is 0 Å². The number of methoxy groups -OCH3 is 1. The van der Waals surface area contributed by atoms with Crippen LogP contribution in [0.5, 0.6) is 5.75 Å².